The molecule has 0 aliphatic carbocycles. The average molecular weight is 671 g/mol. The molecule has 0 saturated carbocycles. The number of hydrogen-bond donors (Lipinski definition) is 1. The van der Waals surface area contributed by atoms with Crippen molar-refractivity contribution in [3.8, 4) is 0 Å². The van der Waals surface area contributed by atoms with E-state index in [1.54, 1.807) is 42.5 Å². The summed E-state index contributed by atoms with van der Waals surface area (Å²) in [6.45, 7) is 4.64. The van der Waals surface area contributed by atoms with E-state index >= 15 is 0 Å². The molecule has 1 N–H and O–H groups in total. The Kier molecular flexibility index (Phi) is 11.3. The lowest BCUT2D eigenvalue weighted by Gasteiger charge is -2.34. The van der Waals surface area contributed by atoms with Gasteiger partial charge in [-0.2, -0.15) is 0 Å². The highest BCUT2D eigenvalue weighted by Crippen LogP contribution is 2.29. The lowest BCUT2D eigenvalue weighted by atomic mass is 10.0. The largest absolute Gasteiger partial charge is 0.352 e. The molecule has 0 aromatic heterocycles. The number of aryl methyl sites for hydroxylation is 1. The fourth-order valence-electron chi connectivity index (χ4n) is 4.76. The molecule has 0 aliphatic heterocycles. The maximum absolute atomic E-state index is 14.5. The van der Waals surface area contributed by atoms with Crippen molar-refractivity contribution >= 4 is 50.7 Å². The minimum Gasteiger partial charge on any atom is -0.352 e. The molecule has 1 unspecified atom stereocenters. The van der Waals surface area contributed by atoms with Crippen LogP contribution in [-0.4, -0.2) is 43.8 Å². The highest BCUT2D eigenvalue weighted by molar-refractivity contribution is 7.92. The molecule has 45 heavy (non-hydrogen) atoms. The standard InChI is InChI=1S/C34H34Cl2FN3O4S/c1-23(2)38-34(42)32(20-25-8-5-4-6-9-25)39(21-29-30(35)10-7-11-31(29)36)33(41)22-40(27-16-12-24(3)13-17-27)45(43,44)28-18-14-26(37)15-19-28/h4-19,23,32H,20-22H2,1-3H3,(H,38,42). The summed E-state index contributed by atoms with van der Waals surface area (Å²) in [5.74, 6) is -1.69. The average Bonchev–Trinajstić information content (AvgIpc) is 2.99. The van der Waals surface area contributed by atoms with Gasteiger partial charge in [0.25, 0.3) is 10.0 Å². The number of carbonyl (C=O) groups excluding carboxylic acids is 2. The van der Waals surface area contributed by atoms with E-state index in [0.29, 0.717) is 5.56 Å². The first kappa shape index (κ1) is 34.0. The molecule has 2 amide bonds. The molecule has 236 valence electrons. The zero-order chi connectivity index (χ0) is 32.7. The van der Waals surface area contributed by atoms with Gasteiger partial charge in [-0.15, -0.1) is 0 Å². The van der Waals surface area contributed by atoms with Crippen LogP contribution in [0.2, 0.25) is 10.0 Å². The number of nitrogens with zero attached hydrogens (tertiary/aromatic N) is 2. The number of halogens is 3. The zero-order valence-electron chi connectivity index (χ0n) is 25.1. The van der Waals surface area contributed by atoms with Crippen LogP contribution in [0.15, 0.2) is 102 Å². The van der Waals surface area contributed by atoms with Crippen molar-refractivity contribution in [3.63, 3.8) is 0 Å². The normalized spacial score (nSPS) is 12.1. The summed E-state index contributed by atoms with van der Waals surface area (Å²) in [6, 6.07) is 23.8. The molecule has 0 heterocycles. The van der Waals surface area contributed by atoms with Crippen LogP contribution in [0.5, 0.6) is 0 Å². The second kappa shape index (κ2) is 14.9. The molecule has 11 heteroatoms. The van der Waals surface area contributed by atoms with E-state index in [1.807, 2.05) is 51.1 Å². The zero-order valence-corrected chi connectivity index (χ0v) is 27.4. The highest BCUT2D eigenvalue weighted by atomic mass is 35.5. The first-order chi connectivity index (χ1) is 21.4. The number of amides is 2. The van der Waals surface area contributed by atoms with Crippen LogP contribution >= 0.6 is 23.2 Å². The van der Waals surface area contributed by atoms with Gasteiger partial charge in [-0.25, -0.2) is 12.8 Å². The molecule has 4 aromatic carbocycles. The van der Waals surface area contributed by atoms with Gasteiger partial charge in [-0.3, -0.25) is 13.9 Å². The first-order valence-corrected chi connectivity index (χ1v) is 16.5. The van der Waals surface area contributed by atoms with E-state index in [1.165, 1.54) is 4.90 Å². The van der Waals surface area contributed by atoms with Crippen molar-refractivity contribution in [3.05, 3.63) is 130 Å². The van der Waals surface area contributed by atoms with E-state index in [0.717, 1.165) is 39.7 Å². The molecule has 1 atom stereocenters. The van der Waals surface area contributed by atoms with Gasteiger partial charge in [0.1, 0.15) is 18.4 Å². The molecular weight excluding hydrogens is 636 g/mol. The third-order valence-electron chi connectivity index (χ3n) is 7.09. The van der Waals surface area contributed by atoms with Crippen molar-refractivity contribution in [1.29, 1.82) is 0 Å². The molecule has 4 rings (SSSR count). The molecule has 0 radical (unpaired) electrons. The number of hydrogen-bond acceptors (Lipinski definition) is 4. The number of benzene rings is 4. The molecule has 0 aliphatic rings. The van der Waals surface area contributed by atoms with Gasteiger partial charge in [0.15, 0.2) is 0 Å². The molecule has 0 saturated heterocycles. The Morgan fingerprint density at radius 2 is 1.44 bits per heavy atom. The molecule has 0 fully saturated rings. The van der Waals surface area contributed by atoms with Crippen LogP contribution in [0.25, 0.3) is 0 Å². The third kappa shape index (κ3) is 8.63. The van der Waals surface area contributed by atoms with E-state index in [2.05, 4.69) is 5.32 Å². The van der Waals surface area contributed by atoms with Crippen LogP contribution in [-0.2, 0) is 32.6 Å². The Balaban J connectivity index is 1.83. The third-order valence-corrected chi connectivity index (χ3v) is 9.59. The predicted octanol–water partition coefficient (Wildman–Crippen LogP) is 6.80. The molecule has 0 spiro atoms. The molecule has 0 bridgehead atoms. The van der Waals surface area contributed by atoms with Gasteiger partial charge in [-0.05, 0) is 74.9 Å². The predicted molar refractivity (Wildman–Crippen MR) is 176 cm³/mol. The van der Waals surface area contributed by atoms with Gasteiger partial charge in [0, 0.05) is 34.6 Å². The Labute approximate surface area is 273 Å². The first-order valence-electron chi connectivity index (χ1n) is 14.3. The number of anilines is 1. The Morgan fingerprint density at radius 3 is 2.02 bits per heavy atom. The van der Waals surface area contributed by atoms with E-state index in [9.17, 15) is 22.4 Å². The fraction of sp³-hybridized carbons (Fsp3) is 0.235. The second-order valence-electron chi connectivity index (χ2n) is 10.9. The lowest BCUT2D eigenvalue weighted by Crippen LogP contribution is -2.54. The summed E-state index contributed by atoms with van der Waals surface area (Å²) in [4.78, 5) is 29.4. The van der Waals surface area contributed by atoms with E-state index in [-0.39, 0.29) is 39.6 Å². The summed E-state index contributed by atoms with van der Waals surface area (Å²) in [6.07, 6.45) is 0.141. The monoisotopic (exact) mass is 669 g/mol. The van der Waals surface area contributed by atoms with Gasteiger partial charge in [0.2, 0.25) is 11.8 Å². The quantitative estimate of drug-likeness (QED) is 0.180. The Bertz CT molecular complexity index is 1720. The minimum atomic E-state index is -4.36. The Hall–Kier alpha value is -3.92. The summed E-state index contributed by atoms with van der Waals surface area (Å²) < 4.78 is 42.7. The SMILES string of the molecule is Cc1ccc(N(CC(=O)N(Cc2c(Cl)cccc2Cl)C(Cc2ccccc2)C(=O)NC(C)C)S(=O)(=O)c2ccc(F)cc2)cc1. The van der Waals surface area contributed by atoms with Crippen molar-refractivity contribution in [2.75, 3.05) is 10.8 Å². The van der Waals surface area contributed by atoms with Crippen molar-refractivity contribution < 1.29 is 22.4 Å². The van der Waals surface area contributed by atoms with Crippen molar-refractivity contribution in [2.24, 2.45) is 0 Å². The smallest absolute Gasteiger partial charge is 0.264 e. The summed E-state index contributed by atoms with van der Waals surface area (Å²) in [5.41, 5.74) is 2.30. The number of nitrogens with one attached hydrogen (secondary N) is 1. The van der Waals surface area contributed by atoms with Crippen LogP contribution in [0, 0.1) is 12.7 Å². The van der Waals surface area contributed by atoms with E-state index < -0.39 is 40.2 Å². The summed E-state index contributed by atoms with van der Waals surface area (Å²) in [5, 5.41) is 3.48. The topological polar surface area (TPSA) is 86.8 Å². The molecule has 7 nitrogen and oxygen atoms in total. The maximum Gasteiger partial charge on any atom is 0.264 e. The van der Waals surface area contributed by atoms with Crippen LogP contribution in [0.1, 0.15) is 30.5 Å². The number of carbonyl (C=O) groups is 2. The summed E-state index contributed by atoms with van der Waals surface area (Å²) in [7, 11) is -4.36. The van der Waals surface area contributed by atoms with Gasteiger partial charge in [0.05, 0.1) is 10.6 Å². The fourth-order valence-corrected chi connectivity index (χ4v) is 6.69. The van der Waals surface area contributed by atoms with Gasteiger partial charge in [-0.1, -0.05) is 77.3 Å². The Morgan fingerprint density at radius 1 is 0.844 bits per heavy atom. The van der Waals surface area contributed by atoms with Crippen LogP contribution < -0.4 is 9.62 Å². The van der Waals surface area contributed by atoms with Gasteiger partial charge < -0.3 is 10.2 Å². The second-order valence-corrected chi connectivity index (χ2v) is 13.6. The maximum atomic E-state index is 14.5. The number of sulfonamides is 1. The summed E-state index contributed by atoms with van der Waals surface area (Å²) >= 11 is 13.1. The van der Waals surface area contributed by atoms with Crippen molar-refractivity contribution in [2.45, 2.75) is 50.7 Å². The molecule has 4 aromatic rings. The van der Waals surface area contributed by atoms with Crippen molar-refractivity contribution in [1.82, 2.24) is 10.2 Å². The minimum absolute atomic E-state index is 0.141. The lowest BCUT2D eigenvalue weighted by molar-refractivity contribution is -0.140. The molecular formula is C34H34Cl2FN3O4S. The van der Waals surface area contributed by atoms with E-state index in [4.69, 9.17) is 23.2 Å². The van der Waals surface area contributed by atoms with Crippen LogP contribution in [0.3, 0.4) is 0 Å². The van der Waals surface area contributed by atoms with Gasteiger partial charge >= 0.3 is 0 Å². The van der Waals surface area contributed by atoms with Crippen LogP contribution in [0.4, 0.5) is 10.1 Å². The highest BCUT2D eigenvalue weighted by Gasteiger charge is 2.35. The number of rotatable bonds is 12.